The van der Waals surface area contributed by atoms with E-state index in [0.717, 1.165) is 37.6 Å². The minimum atomic E-state index is -0.954. The summed E-state index contributed by atoms with van der Waals surface area (Å²) in [5.74, 6) is -1.06. The van der Waals surface area contributed by atoms with Gasteiger partial charge in [-0.15, -0.1) is 0 Å². The second-order valence-electron chi connectivity index (χ2n) is 7.08. The van der Waals surface area contributed by atoms with Crippen molar-refractivity contribution >= 4 is 29.3 Å². The standard InChI is InChI=1S/C21H25ClN4O3/c22-18-6-2-1-5-16(18)14-24-20(27)13-17(21(28)29)15-25-9-11-26(12-10-25)19-7-3-4-8-23-19/h1-8,17H,9-15H2,(H,24,27)(H,28,29)/t17-/m0/s1. The summed E-state index contributed by atoms with van der Waals surface area (Å²) in [4.78, 5) is 32.6. The Balaban J connectivity index is 1.47. The van der Waals surface area contributed by atoms with Crippen LogP contribution in [0.1, 0.15) is 12.0 Å². The van der Waals surface area contributed by atoms with Gasteiger partial charge in [0.2, 0.25) is 5.91 Å². The fourth-order valence-electron chi connectivity index (χ4n) is 3.37. The molecule has 3 rings (SSSR count). The summed E-state index contributed by atoms with van der Waals surface area (Å²) in [5.41, 5.74) is 0.806. The van der Waals surface area contributed by atoms with E-state index in [1.54, 1.807) is 12.3 Å². The topological polar surface area (TPSA) is 85.8 Å². The van der Waals surface area contributed by atoms with Gasteiger partial charge in [0.1, 0.15) is 5.82 Å². The first-order valence-corrected chi connectivity index (χ1v) is 10.0. The molecule has 1 fully saturated rings. The van der Waals surface area contributed by atoms with Crippen LogP contribution < -0.4 is 10.2 Å². The molecule has 0 saturated carbocycles. The van der Waals surface area contributed by atoms with Crippen molar-refractivity contribution in [2.24, 2.45) is 5.92 Å². The van der Waals surface area contributed by atoms with E-state index in [1.807, 2.05) is 36.4 Å². The van der Waals surface area contributed by atoms with E-state index in [-0.39, 0.29) is 18.9 Å². The second kappa shape index (κ2) is 10.2. The molecule has 1 aromatic heterocycles. The zero-order chi connectivity index (χ0) is 20.6. The Bertz CT molecular complexity index is 826. The number of carboxylic acids is 1. The van der Waals surface area contributed by atoms with E-state index in [2.05, 4.69) is 20.1 Å². The van der Waals surface area contributed by atoms with Crippen molar-refractivity contribution in [3.8, 4) is 0 Å². The van der Waals surface area contributed by atoms with E-state index < -0.39 is 11.9 Å². The average molecular weight is 417 g/mol. The maximum Gasteiger partial charge on any atom is 0.308 e. The van der Waals surface area contributed by atoms with Crippen LogP contribution in [0.4, 0.5) is 5.82 Å². The molecule has 0 radical (unpaired) electrons. The van der Waals surface area contributed by atoms with Gasteiger partial charge in [-0.3, -0.25) is 14.5 Å². The number of rotatable bonds is 8. The zero-order valence-corrected chi connectivity index (χ0v) is 16.9. The third-order valence-corrected chi connectivity index (χ3v) is 5.41. The minimum Gasteiger partial charge on any atom is -0.481 e. The number of hydrogen-bond donors (Lipinski definition) is 2. The predicted octanol–water partition coefficient (Wildman–Crippen LogP) is 2.26. The molecule has 1 aromatic carbocycles. The van der Waals surface area contributed by atoms with Crippen LogP contribution in [-0.4, -0.2) is 59.6 Å². The summed E-state index contributed by atoms with van der Waals surface area (Å²) in [6, 6.07) is 13.1. The number of nitrogens with zero attached hydrogens (tertiary/aromatic N) is 3. The van der Waals surface area contributed by atoms with Gasteiger partial charge < -0.3 is 15.3 Å². The van der Waals surface area contributed by atoms with E-state index in [4.69, 9.17) is 11.6 Å². The first kappa shape index (κ1) is 21.1. The molecule has 29 heavy (non-hydrogen) atoms. The molecule has 154 valence electrons. The summed E-state index contributed by atoms with van der Waals surface area (Å²) < 4.78 is 0. The number of halogens is 1. The fraction of sp³-hybridized carbons (Fsp3) is 0.381. The number of anilines is 1. The number of carbonyl (C=O) groups excluding carboxylic acids is 1. The molecule has 0 spiro atoms. The highest BCUT2D eigenvalue weighted by Crippen LogP contribution is 2.16. The van der Waals surface area contributed by atoms with Gasteiger partial charge in [0, 0.05) is 56.9 Å². The Morgan fingerprint density at radius 2 is 1.83 bits per heavy atom. The molecular weight excluding hydrogens is 392 g/mol. The van der Waals surface area contributed by atoms with Crippen LogP contribution in [0.15, 0.2) is 48.7 Å². The maximum absolute atomic E-state index is 12.3. The van der Waals surface area contributed by atoms with Crippen LogP contribution >= 0.6 is 11.6 Å². The molecule has 2 heterocycles. The number of carboxylic acid groups (broad SMARTS) is 1. The van der Waals surface area contributed by atoms with Crippen LogP contribution in [0.25, 0.3) is 0 Å². The lowest BCUT2D eigenvalue weighted by Crippen LogP contribution is -2.49. The Morgan fingerprint density at radius 1 is 1.10 bits per heavy atom. The van der Waals surface area contributed by atoms with Gasteiger partial charge in [0.15, 0.2) is 0 Å². The number of aromatic nitrogens is 1. The molecule has 0 unspecified atom stereocenters. The van der Waals surface area contributed by atoms with E-state index in [9.17, 15) is 14.7 Å². The Hall–Kier alpha value is -2.64. The van der Waals surface area contributed by atoms with Gasteiger partial charge in [-0.25, -0.2) is 4.98 Å². The van der Waals surface area contributed by atoms with Gasteiger partial charge in [0.05, 0.1) is 5.92 Å². The summed E-state index contributed by atoms with van der Waals surface area (Å²) in [6.07, 6.45) is 1.71. The number of hydrogen-bond acceptors (Lipinski definition) is 5. The fourth-order valence-corrected chi connectivity index (χ4v) is 3.58. The molecular formula is C21H25ClN4O3. The molecule has 7 nitrogen and oxygen atoms in total. The molecule has 8 heteroatoms. The van der Waals surface area contributed by atoms with Crippen LogP contribution in [-0.2, 0) is 16.1 Å². The molecule has 1 aliphatic rings. The number of nitrogens with one attached hydrogen (secondary N) is 1. The molecule has 0 aliphatic carbocycles. The summed E-state index contributed by atoms with van der Waals surface area (Å²) in [6.45, 7) is 3.67. The first-order valence-electron chi connectivity index (χ1n) is 9.64. The van der Waals surface area contributed by atoms with Crippen molar-refractivity contribution in [3.05, 3.63) is 59.2 Å². The largest absolute Gasteiger partial charge is 0.481 e. The first-order chi connectivity index (χ1) is 14.0. The Labute approximate surface area is 175 Å². The molecule has 1 atom stereocenters. The summed E-state index contributed by atoms with van der Waals surface area (Å²) in [5, 5.41) is 12.9. The quantitative estimate of drug-likeness (QED) is 0.686. The summed E-state index contributed by atoms with van der Waals surface area (Å²) >= 11 is 6.09. The third-order valence-electron chi connectivity index (χ3n) is 5.04. The SMILES string of the molecule is O=C(C[C@@H](CN1CCN(c2ccccn2)CC1)C(=O)O)NCc1ccccc1Cl. The van der Waals surface area contributed by atoms with Crippen LogP contribution in [0.5, 0.6) is 0 Å². The smallest absolute Gasteiger partial charge is 0.308 e. The van der Waals surface area contributed by atoms with Gasteiger partial charge in [0.25, 0.3) is 0 Å². The minimum absolute atomic E-state index is 0.0553. The molecule has 2 aromatic rings. The van der Waals surface area contributed by atoms with Crippen molar-refractivity contribution < 1.29 is 14.7 Å². The maximum atomic E-state index is 12.3. The van der Waals surface area contributed by atoms with Gasteiger partial charge >= 0.3 is 5.97 Å². The van der Waals surface area contributed by atoms with Gasteiger partial charge in [-0.1, -0.05) is 35.9 Å². The Kier molecular flexibility index (Phi) is 7.43. The highest BCUT2D eigenvalue weighted by atomic mass is 35.5. The third kappa shape index (κ3) is 6.17. The monoisotopic (exact) mass is 416 g/mol. The van der Waals surface area contributed by atoms with Gasteiger partial charge in [-0.05, 0) is 23.8 Å². The van der Waals surface area contributed by atoms with E-state index in [0.29, 0.717) is 11.6 Å². The number of amides is 1. The highest BCUT2D eigenvalue weighted by molar-refractivity contribution is 6.31. The predicted molar refractivity (Wildman–Crippen MR) is 112 cm³/mol. The van der Waals surface area contributed by atoms with Crippen molar-refractivity contribution in [1.82, 2.24) is 15.2 Å². The number of aliphatic carboxylic acids is 1. The highest BCUT2D eigenvalue weighted by Gasteiger charge is 2.26. The molecule has 1 amide bonds. The van der Waals surface area contributed by atoms with Crippen LogP contribution in [0, 0.1) is 5.92 Å². The molecule has 2 N–H and O–H groups in total. The number of pyridine rings is 1. The van der Waals surface area contributed by atoms with Crippen molar-refractivity contribution in [3.63, 3.8) is 0 Å². The van der Waals surface area contributed by atoms with Crippen molar-refractivity contribution in [2.45, 2.75) is 13.0 Å². The normalized spacial score (nSPS) is 15.7. The van der Waals surface area contributed by atoms with E-state index in [1.165, 1.54) is 0 Å². The number of carbonyl (C=O) groups is 2. The van der Waals surface area contributed by atoms with Crippen LogP contribution in [0.3, 0.4) is 0 Å². The average Bonchev–Trinajstić information content (AvgIpc) is 2.74. The molecule has 0 bridgehead atoms. The Morgan fingerprint density at radius 3 is 2.48 bits per heavy atom. The van der Waals surface area contributed by atoms with Crippen molar-refractivity contribution in [2.75, 3.05) is 37.6 Å². The zero-order valence-electron chi connectivity index (χ0n) is 16.1. The lowest BCUT2D eigenvalue weighted by atomic mass is 10.0. The lowest BCUT2D eigenvalue weighted by molar-refractivity contribution is -0.144. The van der Waals surface area contributed by atoms with E-state index >= 15 is 0 Å². The van der Waals surface area contributed by atoms with Gasteiger partial charge in [-0.2, -0.15) is 0 Å². The van der Waals surface area contributed by atoms with Crippen molar-refractivity contribution in [1.29, 1.82) is 0 Å². The summed E-state index contributed by atoms with van der Waals surface area (Å²) in [7, 11) is 0. The molecule has 1 aliphatic heterocycles. The lowest BCUT2D eigenvalue weighted by Gasteiger charge is -2.36. The molecule has 1 saturated heterocycles. The number of piperazine rings is 1. The van der Waals surface area contributed by atoms with Crippen LogP contribution in [0.2, 0.25) is 5.02 Å². The number of benzene rings is 1. The second-order valence-corrected chi connectivity index (χ2v) is 7.49.